The number of hydrogen-bond acceptors (Lipinski definition) is 2. The number of nitrogens with one attached hydrogen (secondary N) is 1. The van der Waals surface area contributed by atoms with Crippen LogP contribution in [0, 0.1) is 0 Å². The highest BCUT2D eigenvalue weighted by Gasteiger charge is 2.03. The summed E-state index contributed by atoms with van der Waals surface area (Å²) in [5.74, 6) is 0.164. The van der Waals surface area contributed by atoms with Gasteiger partial charge in [-0.15, -0.1) is 0 Å². The first-order chi connectivity index (χ1) is 9.20. The molecule has 0 aliphatic carbocycles. The van der Waals surface area contributed by atoms with Crippen LogP contribution < -0.4 is 5.32 Å². The summed E-state index contributed by atoms with van der Waals surface area (Å²) in [6, 6.07) is 15.3. The van der Waals surface area contributed by atoms with E-state index >= 15 is 0 Å². The minimum Gasteiger partial charge on any atom is -0.381 e. The molecule has 2 nitrogen and oxygen atoms in total. The first kappa shape index (κ1) is 13.6. The second-order valence-corrected chi connectivity index (χ2v) is 4.71. The molecule has 0 aliphatic rings. The van der Waals surface area contributed by atoms with Gasteiger partial charge in [-0.05, 0) is 35.9 Å². The molecule has 0 radical (unpaired) electrons. The van der Waals surface area contributed by atoms with Crippen molar-refractivity contribution in [3.63, 3.8) is 0 Å². The molecule has 0 amide bonds. The monoisotopic (exact) mass is 273 g/mol. The fourth-order valence-electron chi connectivity index (χ4n) is 1.82. The standard InChI is InChI=1S/C16H16ClNO/c1-2-16(19)12-7-9-14(10-8-12)18-11-13-5-3-4-6-15(13)17/h3-10,18H,2,11H2,1H3. The van der Waals surface area contributed by atoms with E-state index in [2.05, 4.69) is 5.32 Å². The molecule has 2 rings (SSSR count). The smallest absolute Gasteiger partial charge is 0.162 e. The highest BCUT2D eigenvalue weighted by atomic mass is 35.5. The summed E-state index contributed by atoms with van der Waals surface area (Å²) in [7, 11) is 0. The molecule has 98 valence electrons. The summed E-state index contributed by atoms with van der Waals surface area (Å²) in [5.41, 5.74) is 2.79. The molecule has 0 fully saturated rings. The number of anilines is 1. The Hall–Kier alpha value is -1.80. The van der Waals surface area contributed by atoms with Gasteiger partial charge in [-0.3, -0.25) is 4.79 Å². The van der Waals surface area contributed by atoms with Crippen LogP contribution >= 0.6 is 11.6 Å². The SMILES string of the molecule is CCC(=O)c1ccc(NCc2ccccc2Cl)cc1. The van der Waals surface area contributed by atoms with Gasteiger partial charge < -0.3 is 5.32 Å². The van der Waals surface area contributed by atoms with E-state index in [9.17, 15) is 4.79 Å². The van der Waals surface area contributed by atoms with Crippen molar-refractivity contribution < 1.29 is 4.79 Å². The molecular weight excluding hydrogens is 258 g/mol. The van der Waals surface area contributed by atoms with E-state index < -0.39 is 0 Å². The summed E-state index contributed by atoms with van der Waals surface area (Å²) in [4.78, 5) is 11.5. The number of rotatable bonds is 5. The van der Waals surface area contributed by atoms with E-state index in [4.69, 9.17) is 11.6 Å². The molecule has 0 aromatic heterocycles. The molecule has 0 spiro atoms. The minimum atomic E-state index is 0.164. The van der Waals surface area contributed by atoms with Crippen LogP contribution in [0.25, 0.3) is 0 Å². The van der Waals surface area contributed by atoms with E-state index in [-0.39, 0.29) is 5.78 Å². The Kier molecular flexibility index (Phi) is 4.58. The fourth-order valence-corrected chi connectivity index (χ4v) is 2.02. The number of carbonyl (C=O) groups is 1. The Morgan fingerprint density at radius 1 is 1.11 bits per heavy atom. The maximum absolute atomic E-state index is 11.5. The average molecular weight is 274 g/mol. The van der Waals surface area contributed by atoms with Gasteiger partial charge in [0.1, 0.15) is 0 Å². The van der Waals surface area contributed by atoms with E-state index in [0.29, 0.717) is 13.0 Å². The molecule has 0 unspecified atom stereocenters. The fraction of sp³-hybridized carbons (Fsp3) is 0.188. The predicted molar refractivity (Wildman–Crippen MR) is 79.8 cm³/mol. The first-order valence-corrected chi connectivity index (χ1v) is 6.69. The Labute approximate surface area is 118 Å². The zero-order valence-corrected chi connectivity index (χ0v) is 11.6. The summed E-state index contributed by atoms with van der Waals surface area (Å²) >= 11 is 6.09. The molecule has 2 aromatic carbocycles. The number of hydrogen-bond donors (Lipinski definition) is 1. The van der Waals surface area contributed by atoms with Crippen LogP contribution in [0.15, 0.2) is 48.5 Å². The maximum atomic E-state index is 11.5. The lowest BCUT2D eigenvalue weighted by Crippen LogP contribution is -2.01. The Bertz CT molecular complexity index is 563. The highest BCUT2D eigenvalue weighted by molar-refractivity contribution is 6.31. The molecule has 1 N–H and O–H groups in total. The maximum Gasteiger partial charge on any atom is 0.162 e. The summed E-state index contributed by atoms with van der Waals surface area (Å²) in [6.45, 7) is 2.53. The van der Waals surface area contributed by atoms with Crippen molar-refractivity contribution in [2.45, 2.75) is 19.9 Å². The molecule has 0 saturated heterocycles. The van der Waals surface area contributed by atoms with Gasteiger partial charge in [0.2, 0.25) is 0 Å². The van der Waals surface area contributed by atoms with Crippen molar-refractivity contribution in [1.82, 2.24) is 0 Å². The van der Waals surface area contributed by atoms with Gasteiger partial charge in [0.25, 0.3) is 0 Å². The molecule has 0 bridgehead atoms. The van der Waals surface area contributed by atoms with E-state index in [0.717, 1.165) is 21.8 Å². The van der Waals surface area contributed by atoms with E-state index in [1.807, 2.05) is 55.5 Å². The zero-order valence-electron chi connectivity index (χ0n) is 10.8. The lowest BCUT2D eigenvalue weighted by atomic mass is 10.1. The van der Waals surface area contributed by atoms with Gasteiger partial charge >= 0.3 is 0 Å². The molecule has 0 saturated carbocycles. The van der Waals surface area contributed by atoms with Crippen molar-refractivity contribution in [3.8, 4) is 0 Å². The van der Waals surface area contributed by atoms with Gasteiger partial charge in [0.05, 0.1) is 0 Å². The van der Waals surface area contributed by atoms with Crippen LogP contribution in [0.2, 0.25) is 5.02 Å². The molecule has 0 aliphatic heterocycles. The van der Waals surface area contributed by atoms with Crippen LogP contribution in [0.1, 0.15) is 29.3 Å². The minimum absolute atomic E-state index is 0.164. The van der Waals surface area contributed by atoms with Gasteiger partial charge in [0.15, 0.2) is 5.78 Å². The third-order valence-corrected chi connectivity index (χ3v) is 3.34. The van der Waals surface area contributed by atoms with Crippen molar-refractivity contribution >= 4 is 23.1 Å². The largest absolute Gasteiger partial charge is 0.381 e. The molecule has 0 atom stereocenters. The number of halogens is 1. The zero-order chi connectivity index (χ0) is 13.7. The van der Waals surface area contributed by atoms with Crippen molar-refractivity contribution in [2.75, 3.05) is 5.32 Å². The van der Waals surface area contributed by atoms with Gasteiger partial charge in [-0.1, -0.05) is 36.7 Å². The van der Waals surface area contributed by atoms with Crippen LogP contribution in [0.4, 0.5) is 5.69 Å². The van der Waals surface area contributed by atoms with Gasteiger partial charge in [-0.25, -0.2) is 0 Å². The average Bonchev–Trinajstić information content (AvgIpc) is 2.46. The predicted octanol–water partition coefficient (Wildman–Crippen LogP) is 4.54. The summed E-state index contributed by atoms with van der Waals surface area (Å²) in [6.07, 6.45) is 0.534. The molecule has 19 heavy (non-hydrogen) atoms. The quantitative estimate of drug-likeness (QED) is 0.810. The summed E-state index contributed by atoms with van der Waals surface area (Å²) < 4.78 is 0. The number of carbonyl (C=O) groups excluding carboxylic acids is 1. The topological polar surface area (TPSA) is 29.1 Å². The van der Waals surface area contributed by atoms with Gasteiger partial charge in [-0.2, -0.15) is 0 Å². The van der Waals surface area contributed by atoms with E-state index in [1.165, 1.54) is 0 Å². The number of Topliss-reactive ketones (excluding diaryl/α,β-unsaturated/α-hetero) is 1. The van der Waals surface area contributed by atoms with Crippen molar-refractivity contribution in [2.24, 2.45) is 0 Å². The Morgan fingerprint density at radius 2 is 1.79 bits per heavy atom. The Morgan fingerprint density at radius 3 is 2.42 bits per heavy atom. The van der Waals surface area contributed by atoms with E-state index in [1.54, 1.807) is 0 Å². The van der Waals surface area contributed by atoms with Crippen molar-refractivity contribution in [1.29, 1.82) is 0 Å². The number of ketones is 1. The normalized spacial score (nSPS) is 10.2. The van der Waals surface area contributed by atoms with Gasteiger partial charge in [0, 0.05) is 29.2 Å². The first-order valence-electron chi connectivity index (χ1n) is 6.31. The van der Waals surface area contributed by atoms with Crippen LogP contribution in [-0.4, -0.2) is 5.78 Å². The Balaban J connectivity index is 2.01. The lowest BCUT2D eigenvalue weighted by molar-refractivity contribution is 0.0988. The lowest BCUT2D eigenvalue weighted by Gasteiger charge is -2.08. The molecular formula is C16H16ClNO. The number of benzene rings is 2. The molecule has 2 aromatic rings. The summed E-state index contributed by atoms with van der Waals surface area (Å²) in [5, 5.41) is 4.05. The highest BCUT2D eigenvalue weighted by Crippen LogP contribution is 2.17. The van der Waals surface area contributed by atoms with Crippen LogP contribution in [-0.2, 0) is 6.54 Å². The molecule has 3 heteroatoms. The van der Waals surface area contributed by atoms with Crippen molar-refractivity contribution in [3.05, 3.63) is 64.7 Å². The third kappa shape index (κ3) is 3.58. The van der Waals surface area contributed by atoms with Crippen LogP contribution in [0.3, 0.4) is 0 Å². The second-order valence-electron chi connectivity index (χ2n) is 4.30. The second kappa shape index (κ2) is 6.39. The third-order valence-electron chi connectivity index (χ3n) is 2.97. The van der Waals surface area contributed by atoms with Crippen LogP contribution in [0.5, 0.6) is 0 Å². The molecule has 0 heterocycles.